The maximum Gasteiger partial charge on any atom is 0 e. The van der Waals surface area contributed by atoms with Crippen molar-refractivity contribution < 1.29 is 32.7 Å². The first kappa shape index (κ1) is 53.2. The summed E-state index contributed by atoms with van der Waals surface area (Å²) in [6, 6.07) is 39.1. The molecule has 0 spiro atoms. The average molecular weight is 834 g/mol. The van der Waals surface area contributed by atoms with Crippen molar-refractivity contribution in [2.24, 2.45) is 0 Å². The molecule has 0 heterocycles. The van der Waals surface area contributed by atoms with E-state index in [0.29, 0.717) is 0 Å². The number of aryl methyl sites for hydroxylation is 16. The Hall–Kier alpha value is -3.84. The molecule has 0 saturated heterocycles. The van der Waals surface area contributed by atoms with Crippen LogP contribution in [0.15, 0.2) is 109 Å². The molecule has 7 rings (SSSR count). The Bertz CT molecular complexity index is 2020. The first-order chi connectivity index (χ1) is 25.4. The average Bonchev–Trinajstić information content (AvgIpc) is 3.12. The van der Waals surface area contributed by atoms with Gasteiger partial charge in [-0.05, 0) is 221 Å². The van der Waals surface area contributed by atoms with E-state index in [2.05, 4.69) is 220 Å². The van der Waals surface area contributed by atoms with Crippen molar-refractivity contribution in [3.05, 3.63) is 213 Å². The fourth-order valence-corrected chi connectivity index (χ4v) is 6.48. The first-order valence-electron chi connectivity index (χ1n) is 19.4. The van der Waals surface area contributed by atoms with Gasteiger partial charge in [0.15, 0.2) is 0 Å². The maximum absolute atomic E-state index is 2.27. The number of hydrogen-bond donors (Lipinski definition) is 0. The van der Waals surface area contributed by atoms with E-state index < -0.39 is 0 Å². The molecule has 0 fully saturated rings. The fourth-order valence-electron chi connectivity index (χ4n) is 6.48. The van der Waals surface area contributed by atoms with Crippen LogP contribution < -0.4 is 0 Å². The van der Waals surface area contributed by atoms with E-state index >= 15 is 0 Å². The second-order valence-electron chi connectivity index (χ2n) is 15.6. The van der Waals surface area contributed by atoms with E-state index in [0.717, 1.165) is 0 Å². The molecule has 0 aliphatic heterocycles. The molecule has 0 amide bonds. The van der Waals surface area contributed by atoms with Crippen LogP contribution in [0.1, 0.15) is 89.0 Å². The Kier molecular flexibility index (Phi) is 23.2. The minimum Gasteiger partial charge on any atom is -0.358 e. The smallest absolute Gasteiger partial charge is 0 e. The number of fused-ring (bicyclic) bond motifs is 2. The first-order valence-corrected chi connectivity index (χ1v) is 19.4. The van der Waals surface area contributed by atoms with E-state index in [4.69, 9.17) is 0 Å². The molecule has 0 aromatic heterocycles. The van der Waals surface area contributed by atoms with E-state index in [9.17, 15) is 0 Å². The Morgan fingerprint density at radius 1 is 0.211 bits per heavy atom. The minimum absolute atomic E-state index is 0. The molecule has 0 nitrogen and oxygen atoms in total. The quantitative estimate of drug-likeness (QED) is 0.134. The van der Waals surface area contributed by atoms with Gasteiger partial charge in [-0.3, -0.25) is 0 Å². The van der Waals surface area contributed by atoms with Gasteiger partial charge in [0.25, 0.3) is 0 Å². The summed E-state index contributed by atoms with van der Waals surface area (Å²) in [4.78, 5) is 0. The largest absolute Gasteiger partial charge is 0.358 e. The molecule has 0 bridgehead atoms. The summed E-state index contributed by atoms with van der Waals surface area (Å²) < 4.78 is 0. The van der Waals surface area contributed by atoms with Crippen LogP contribution in [0.3, 0.4) is 0 Å². The molecule has 7 aromatic carbocycles. The normalized spacial score (nSPS) is 9.68. The van der Waals surface area contributed by atoms with Gasteiger partial charge in [-0.2, -0.15) is 0 Å². The standard InChI is InChI=1S/2C14H16.C10H14.2C8H10.2CH3.Y/c1-9-5-13-7-11(3)12(4)8-14(13)6-10(9)2;1-9-5-6-11(3)14-12(4)8-7-10(2)13(9)14;1-7-5-9(3)10(4)6-8(7)2;2*1-7-5-3-4-6-8(7)2;;;/h2*5-8H,1-4H3;5-6H,1-4H3;2*3-6H,1-2H3;2*1H3;/q;;;;;2*-1;. The summed E-state index contributed by atoms with van der Waals surface area (Å²) in [5, 5.41) is 5.59. The maximum atomic E-state index is 2.27. The van der Waals surface area contributed by atoms with Crippen LogP contribution >= 0.6 is 0 Å². The van der Waals surface area contributed by atoms with Crippen LogP contribution in [0.2, 0.25) is 0 Å². The molecule has 1 heteroatoms. The minimum atomic E-state index is 0. The zero-order valence-electron chi connectivity index (χ0n) is 39.0. The Morgan fingerprint density at radius 3 is 0.561 bits per heavy atom. The van der Waals surface area contributed by atoms with E-state index in [-0.39, 0.29) is 47.6 Å². The molecule has 1 radical (unpaired) electrons. The van der Waals surface area contributed by atoms with Crippen LogP contribution in [-0.4, -0.2) is 0 Å². The van der Waals surface area contributed by atoms with Crippen molar-refractivity contribution in [1.29, 1.82) is 0 Å². The van der Waals surface area contributed by atoms with Crippen LogP contribution in [0.5, 0.6) is 0 Å². The van der Waals surface area contributed by atoms with Crippen molar-refractivity contribution in [3.8, 4) is 0 Å². The van der Waals surface area contributed by atoms with Crippen molar-refractivity contribution >= 4 is 21.5 Å². The summed E-state index contributed by atoms with van der Waals surface area (Å²) in [6.07, 6.45) is 0. The predicted molar refractivity (Wildman–Crippen MR) is 256 cm³/mol. The van der Waals surface area contributed by atoms with Crippen molar-refractivity contribution in [1.82, 2.24) is 0 Å². The van der Waals surface area contributed by atoms with E-state index in [1.807, 2.05) is 0 Å². The summed E-state index contributed by atoms with van der Waals surface area (Å²) in [6.45, 7) is 34.5. The molecular formula is C56H72Y-2. The molecule has 0 aliphatic carbocycles. The van der Waals surface area contributed by atoms with Crippen molar-refractivity contribution in [3.63, 3.8) is 0 Å². The summed E-state index contributed by atoms with van der Waals surface area (Å²) in [5.74, 6) is 0. The van der Waals surface area contributed by atoms with Gasteiger partial charge in [0.2, 0.25) is 0 Å². The van der Waals surface area contributed by atoms with Crippen molar-refractivity contribution in [2.45, 2.75) is 111 Å². The molecule has 7 aromatic rings. The van der Waals surface area contributed by atoms with Gasteiger partial charge in [0.05, 0.1) is 0 Å². The van der Waals surface area contributed by atoms with Crippen LogP contribution in [0.25, 0.3) is 21.5 Å². The van der Waals surface area contributed by atoms with Gasteiger partial charge in [-0.15, -0.1) is 0 Å². The Morgan fingerprint density at radius 2 is 0.386 bits per heavy atom. The van der Waals surface area contributed by atoms with Gasteiger partial charge in [-0.25, -0.2) is 0 Å². The Labute approximate surface area is 375 Å². The second-order valence-corrected chi connectivity index (χ2v) is 15.6. The SMILES string of the molecule is Cc1cc(C)c(C)cc1C.Cc1cc2cc(C)c(C)cc2cc1C.Cc1ccc(C)c2c(C)ccc(C)c12.Cc1ccccc1C.Cc1ccccc1C.[CH3-].[CH3-].[Y]. The summed E-state index contributed by atoms with van der Waals surface area (Å²) >= 11 is 0. The third-order valence-corrected chi connectivity index (χ3v) is 11.0. The van der Waals surface area contributed by atoms with Gasteiger partial charge < -0.3 is 14.9 Å². The predicted octanol–water partition coefficient (Wildman–Crippen LogP) is 16.6. The fraction of sp³-hybridized carbons (Fsp3) is 0.286. The van der Waals surface area contributed by atoms with Crippen molar-refractivity contribution in [2.75, 3.05) is 0 Å². The molecule has 57 heavy (non-hydrogen) atoms. The summed E-state index contributed by atoms with van der Waals surface area (Å²) in [7, 11) is 0. The molecule has 301 valence electrons. The topological polar surface area (TPSA) is 0 Å². The van der Waals surface area contributed by atoms with Gasteiger partial charge in [0.1, 0.15) is 0 Å². The third kappa shape index (κ3) is 15.5. The van der Waals surface area contributed by atoms with Gasteiger partial charge in [-0.1, -0.05) is 109 Å². The van der Waals surface area contributed by atoms with E-state index in [1.165, 1.54) is 111 Å². The molecular weight excluding hydrogens is 762 g/mol. The zero-order chi connectivity index (χ0) is 40.3. The van der Waals surface area contributed by atoms with E-state index in [1.54, 1.807) is 0 Å². The molecule has 0 aliphatic rings. The van der Waals surface area contributed by atoms with Crippen LogP contribution in [0, 0.1) is 126 Å². The third-order valence-electron chi connectivity index (χ3n) is 11.0. The number of hydrogen-bond acceptors (Lipinski definition) is 0. The monoisotopic (exact) mass is 833 g/mol. The van der Waals surface area contributed by atoms with Gasteiger partial charge >= 0.3 is 0 Å². The molecule has 0 N–H and O–H groups in total. The molecule has 0 atom stereocenters. The van der Waals surface area contributed by atoms with Crippen LogP contribution in [-0.2, 0) is 32.7 Å². The second kappa shape index (κ2) is 24.8. The molecule has 0 unspecified atom stereocenters. The van der Waals surface area contributed by atoms with Gasteiger partial charge in [0, 0.05) is 32.7 Å². The number of rotatable bonds is 0. The van der Waals surface area contributed by atoms with Crippen LogP contribution in [0.4, 0.5) is 0 Å². The zero-order valence-corrected chi connectivity index (χ0v) is 41.8. The summed E-state index contributed by atoms with van der Waals surface area (Å²) in [5.41, 5.74) is 22.1. The number of benzene rings is 7. The Balaban J connectivity index is 0.000000693. The molecule has 0 saturated carbocycles.